The van der Waals surface area contributed by atoms with Crippen molar-refractivity contribution in [2.75, 3.05) is 6.54 Å². The lowest BCUT2D eigenvalue weighted by Crippen LogP contribution is -2.37. The van der Waals surface area contributed by atoms with Gasteiger partial charge in [-0.3, -0.25) is 23.8 Å². The van der Waals surface area contributed by atoms with E-state index in [4.69, 9.17) is 0 Å². The Morgan fingerprint density at radius 1 is 1.25 bits per heavy atom. The number of nitrogens with one attached hydrogen (secondary N) is 1. The van der Waals surface area contributed by atoms with E-state index in [1.54, 1.807) is 18.2 Å². The monoisotopic (exact) mass is 379 g/mol. The highest BCUT2D eigenvalue weighted by Crippen LogP contribution is 2.19. The Labute approximate surface area is 161 Å². The minimum atomic E-state index is -0.449. The van der Waals surface area contributed by atoms with Gasteiger partial charge in [0.25, 0.3) is 5.56 Å². The van der Waals surface area contributed by atoms with Crippen LogP contribution < -0.4 is 10.9 Å². The van der Waals surface area contributed by atoms with Gasteiger partial charge in [-0.1, -0.05) is 24.3 Å². The van der Waals surface area contributed by atoms with Crippen LogP contribution in [-0.2, 0) is 11.3 Å². The standard InChI is InChI=1S/C20H21N5O3/c1-4-8-17(21-5-2)22-18(27)12-24-20(28)16-11-14-9-6-7-10-15(14)25(16)19(23-24)13(3)26/h4,6-11H,5,12H2,1-3H3,(H,21,22,27)/b8-4-. The van der Waals surface area contributed by atoms with E-state index in [9.17, 15) is 14.4 Å². The maximum Gasteiger partial charge on any atom is 0.291 e. The Kier molecular flexibility index (Phi) is 5.49. The van der Waals surface area contributed by atoms with Crippen molar-refractivity contribution in [1.29, 1.82) is 0 Å². The van der Waals surface area contributed by atoms with Crippen LogP contribution in [0.2, 0.25) is 0 Å². The number of allylic oxidation sites excluding steroid dienone is 1. The van der Waals surface area contributed by atoms with Gasteiger partial charge in [-0.05, 0) is 32.1 Å². The Morgan fingerprint density at radius 2 is 2.00 bits per heavy atom. The summed E-state index contributed by atoms with van der Waals surface area (Å²) in [4.78, 5) is 41.6. The molecular weight excluding hydrogens is 358 g/mol. The van der Waals surface area contributed by atoms with Crippen molar-refractivity contribution in [2.45, 2.75) is 27.3 Å². The maximum absolute atomic E-state index is 12.9. The summed E-state index contributed by atoms with van der Waals surface area (Å²) >= 11 is 0. The molecule has 0 unspecified atom stereocenters. The van der Waals surface area contributed by atoms with Gasteiger partial charge in [0.1, 0.15) is 17.9 Å². The number of carbonyl (C=O) groups excluding carboxylic acids is 2. The van der Waals surface area contributed by atoms with Crippen LogP contribution >= 0.6 is 0 Å². The highest BCUT2D eigenvalue weighted by Gasteiger charge is 2.18. The van der Waals surface area contributed by atoms with Crippen LogP contribution in [0.4, 0.5) is 0 Å². The van der Waals surface area contributed by atoms with Crippen molar-refractivity contribution in [3.8, 4) is 0 Å². The minimum Gasteiger partial charge on any atom is -0.309 e. The molecule has 2 heterocycles. The number of aliphatic imine (C=N–C) groups is 1. The lowest BCUT2D eigenvalue weighted by Gasteiger charge is -2.10. The zero-order valence-electron chi connectivity index (χ0n) is 16.0. The number of amides is 1. The Morgan fingerprint density at radius 3 is 2.68 bits per heavy atom. The van der Waals surface area contributed by atoms with E-state index >= 15 is 0 Å². The third-order valence-electron chi connectivity index (χ3n) is 4.12. The van der Waals surface area contributed by atoms with Crippen LogP contribution in [0.5, 0.6) is 0 Å². The fourth-order valence-corrected chi connectivity index (χ4v) is 2.99. The van der Waals surface area contributed by atoms with Gasteiger partial charge in [0.2, 0.25) is 11.7 Å². The van der Waals surface area contributed by atoms with Crippen LogP contribution in [0.15, 0.2) is 52.3 Å². The average molecular weight is 379 g/mol. The SMILES string of the molecule is C/C=C\C(=N/CC)NC(=O)Cn1nc(C(C)=O)n2c(cc3ccccc32)c1=O. The number of para-hydroxylation sites is 1. The van der Waals surface area contributed by atoms with Gasteiger partial charge in [-0.15, -0.1) is 5.10 Å². The number of hydrogen-bond acceptors (Lipinski definition) is 5. The van der Waals surface area contributed by atoms with Gasteiger partial charge in [0.05, 0.1) is 5.52 Å². The molecule has 8 nitrogen and oxygen atoms in total. The number of hydrogen-bond donors (Lipinski definition) is 1. The number of rotatable bonds is 5. The van der Waals surface area contributed by atoms with Gasteiger partial charge in [-0.2, -0.15) is 0 Å². The Hall–Kier alpha value is -3.55. The van der Waals surface area contributed by atoms with Crippen LogP contribution in [0, 0.1) is 0 Å². The molecule has 0 saturated heterocycles. The molecule has 0 spiro atoms. The second kappa shape index (κ2) is 7.99. The smallest absolute Gasteiger partial charge is 0.291 e. The van der Waals surface area contributed by atoms with Crippen molar-refractivity contribution < 1.29 is 9.59 Å². The van der Waals surface area contributed by atoms with E-state index in [1.165, 1.54) is 11.3 Å². The highest BCUT2D eigenvalue weighted by atomic mass is 16.2. The molecule has 0 aliphatic rings. The molecule has 0 fully saturated rings. The summed E-state index contributed by atoms with van der Waals surface area (Å²) < 4.78 is 2.55. The van der Waals surface area contributed by atoms with Crippen molar-refractivity contribution in [3.05, 3.63) is 58.7 Å². The normalized spacial score (nSPS) is 12.2. The predicted octanol–water partition coefficient (Wildman–Crippen LogP) is 1.96. The fourth-order valence-electron chi connectivity index (χ4n) is 2.99. The molecule has 0 atom stereocenters. The van der Waals surface area contributed by atoms with Crippen LogP contribution in [-0.4, -0.2) is 38.3 Å². The minimum absolute atomic E-state index is 0.0968. The summed E-state index contributed by atoms with van der Waals surface area (Å²) in [5, 5.41) is 7.63. The molecule has 1 aromatic carbocycles. The number of aromatic nitrogens is 3. The van der Waals surface area contributed by atoms with Crippen molar-refractivity contribution >= 4 is 33.9 Å². The lowest BCUT2D eigenvalue weighted by atomic mass is 10.2. The predicted molar refractivity (Wildman–Crippen MR) is 108 cm³/mol. The molecule has 144 valence electrons. The topological polar surface area (TPSA) is 97.8 Å². The second-order valence-corrected chi connectivity index (χ2v) is 6.17. The molecule has 1 N–H and O–H groups in total. The van der Waals surface area contributed by atoms with Crippen LogP contribution in [0.25, 0.3) is 16.4 Å². The lowest BCUT2D eigenvalue weighted by molar-refractivity contribution is -0.120. The van der Waals surface area contributed by atoms with Gasteiger partial charge in [-0.25, -0.2) is 4.68 Å². The van der Waals surface area contributed by atoms with E-state index in [0.29, 0.717) is 23.4 Å². The molecule has 0 aliphatic carbocycles. The summed E-state index contributed by atoms with van der Waals surface area (Å²) in [6, 6.07) is 9.05. The van der Waals surface area contributed by atoms with E-state index < -0.39 is 11.5 Å². The summed E-state index contributed by atoms with van der Waals surface area (Å²) in [5.74, 6) is -0.249. The average Bonchev–Trinajstić information content (AvgIpc) is 3.04. The van der Waals surface area contributed by atoms with E-state index in [-0.39, 0.29) is 18.2 Å². The highest BCUT2D eigenvalue weighted by molar-refractivity contribution is 6.04. The number of Topliss-reactive ketones (excluding diaryl/α,β-unsaturated/α-hetero) is 1. The zero-order chi connectivity index (χ0) is 20.3. The summed E-state index contributed by atoms with van der Waals surface area (Å²) in [5.41, 5.74) is 0.566. The maximum atomic E-state index is 12.9. The molecule has 0 bridgehead atoms. The second-order valence-electron chi connectivity index (χ2n) is 6.17. The van der Waals surface area contributed by atoms with Gasteiger partial charge in [0.15, 0.2) is 5.78 Å². The molecule has 0 saturated carbocycles. The summed E-state index contributed by atoms with van der Waals surface area (Å²) in [7, 11) is 0. The zero-order valence-corrected chi connectivity index (χ0v) is 16.0. The molecule has 3 rings (SSSR count). The van der Waals surface area contributed by atoms with Gasteiger partial charge >= 0.3 is 0 Å². The number of nitrogens with zero attached hydrogens (tertiary/aromatic N) is 4. The fraction of sp³-hybridized carbons (Fsp3) is 0.250. The van der Waals surface area contributed by atoms with E-state index in [1.807, 2.05) is 38.1 Å². The van der Waals surface area contributed by atoms with Gasteiger partial charge in [0, 0.05) is 18.9 Å². The first kappa shape index (κ1) is 19.2. The molecule has 8 heteroatoms. The van der Waals surface area contributed by atoms with E-state index in [2.05, 4.69) is 15.4 Å². The number of ketones is 1. The quantitative estimate of drug-likeness (QED) is 0.416. The Balaban J connectivity index is 2.07. The first-order chi connectivity index (χ1) is 13.5. The molecule has 0 aliphatic heterocycles. The van der Waals surface area contributed by atoms with Crippen LogP contribution in [0.3, 0.4) is 0 Å². The Bertz CT molecular complexity index is 1180. The first-order valence-electron chi connectivity index (χ1n) is 8.95. The number of fused-ring (bicyclic) bond motifs is 3. The van der Waals surface area contributed by atoms with Crippen molar-refractivity contribution in [2.24, 2.45) is 4.99 Å². The third-order valence-corrected chi connectivity index (χ3v) is 4.12. The molecule has 1 amide bonds. The van der Waals surface area contributed by atoms with Crippen molar-refractivity contribution in [3.63, 3.8) is 0 Å². The van der Waals surface area contributed by atoms with Gasteiger partial charge < -0.3 is 5.32 Å². The van der Waals surface area contributed by atoms with E-state index in [0.717, 1.165) is 10.1 Å². The third kappa shape index (κ3) is 3.62. The first-order valence-corrected chi connectivity index (χ1v) is 8.95. The largest absolute Gasteiger partial charge is 0.309 e. The molecular formula is C20H21N5O3. The number of amidine groups is 1. The molecule has 2 aromatic heterocycles. The summed E-state index contributed by atoms with van der Waals surface area (Å²) in [6.45, 7) is 5.23. The number of carbonyl (C=O) groups is 2. The van der Waals surface area contributed by atoms with Crippen molar-refractivity contribution in [1.82, 2.24) is 19.5 Å². The summed E-state index contributed by atoms with van der Waals surface area (Å²) in [6.07, 6.45) is 3.42. The van der Waals surface area contributed by atoms with Crippen LogP contribution in [0.1, 0.15) is 31.4 Å². The number of benzene rings is 1. The molecule has 0 radical (unpaired) electrons. The molecule has 3 aromatic rings. The molecule has 28 heavy (non-hydrogen) atoms.